The van der Waals surface area contributed by atoms with E-state index in [1.54, 1.807) is 42.0 Å². The van der Waals surface area contributed by atoms with Gasteiger partial charge in [0, 0.05) is 30.7 Å². The molecule has 6 nitrogen and oxygen atoms in total. The van der Waals surface area contributed by atoms with E-state index in [4.69, 9.17) is 16.3 Å². The van der Waals surface area contributed by atoms with Crippen molar-refractivity contribution >= 4 is 33.8 Å². The zero-order chi connectivity index (χ0) is 21.9. The summed E-state index contributed by atoms with van der Waals surface area (Å²) in [6.45, 7) is 0.243. The molecule has 1 N–H and O–H groups in total. The van der Waals surface area contributed by atoms with Crippen LogP contribution in [-0.2, 0) is 11.3 Å². The van der Waals surface area contributed by atoms with Gasteiger partial charge >= 0.3 is 0 Å². The number of halogens is 3. The normalized spacial score (nSPS) is 15.9. The van der Waals surface area contributed by atoms with Crippen molar-refractivity contribution in [1.82, 2.24) is 14.3 Å². The molecule has 4 aromatic rings. The number of H-pyrrole nitrogens is 1. The molecule has 4 heterocycles. The molecule has 9 heteroatoms. The lowest BCUT2D eigenvalue weighted by Crippen LogP contribution is -2.37. The summed E-state index contributed by atoms with van der Waals surface area (Å²) in [4.78, 5) is 29.8. The van der Waals surface area contributed by atoms with Gasteiger partial charge in [0.15, 0.2) is 11.6 Å². The summed E-state index contributed by atoms with van der Waals surface area (Å²) in [5, 5.41) is 0.791. The second kappa shape index (κ2) is 7.18. The molecule has 1 amide bonds. The summed E-state index contributed by atoms with van der Waals surface area (Å²) < 4.78 is 35.2. The molecule has 0 radical (unpaired) electrons. The van der Waals surface area contributed by atoms with Gasteiger partial charge in [-0.25, -0.2) is 8.78 Å². The number of hydrogen-bond acceptors (Lipinski definition) is 3. The number of carbonyl (C=O) groups excluding carboxylic acids is 1. The summed E-state index contributed by atoms with van der Waals surface area (Å²) in [5.74, 6) is -2.47. The van der Waals surface area contributed by atoms with Gasteiger partial charge in [-0.2, -0.15) is 0 Å². The maximum Gasteiger partial charge on any atom is 0.256 e. The van der Waals surface area contributed by atoms with Crippen LogP contribution < -0.4 is 5.56 Å². The van der Waals surface area contributed by atoms with Crippen molar-refractivity contribution in [2.45, 2.75) is 12.6 Å². The molecule has 0 unspecified atom stereocenters. The monoisotopic (exact) mass is 443 g/mol. The Morgan fingerprint density at radius 2 is 2.00 bits per heavy atom. The number of fused-ring (bicyclic) bond motifs is 4. The number of carbonyl (C=O) groups is 1. The number of nitrogens with zero attached hydrogens (tertiary/aromatic N) is 2. The van der Waals surface area contributed by atoms with E-state index in [0.29, 0.717) is 27.4 Å². The van der Waals surface area contributed by atoms with E-state index in [-0.39, 0.29) is 29.9 Å². The van der Waals surface area contributed by atoms with Crippen LogP contribution in [0.5, 0.6) is 0 Å². The van der Waals surface area contributed by atoms with Crippen molar-refractivity contribution in [3.8, 4) is 0 Å². The number of hydrogen-bond donors (Lipinski definition) is 1. The lowest BCUT2D eigenvalue weighted by atomic mass is 9.95. The number of nitrogens with one attached hydrogen (secondary N) is 1. The van der Waals surface area contributed by atoms with E-state index in [1.807, 2.05) is 0 Å². The van der Waals surface area contributed by atoms with Crippen LogP contribution in [0.1, 0.15) is 27.7 Å². The fraction of sp³-hybridized carbons (Fsp3) is 0.182. The van der Waals surface area contributed by atoms with E-state index in [2.05, 4.69) is 4.98 Å². The van der Waals surface area contributed by atoms with Crippen LogP contribution in [0, 0.1) is 11.6 Å². The van der Waals surface area contributed by atoms with Gasteiger partial charge in [0.1, 0.15) is 0 Å². The van der Waals surface area contributed by atoms with E-state index < -0.39 is 23.2 Å². The lowest BCUT2D eigenvalue weighted by Gasteiger charge is -2.33. The van der Waals surface area contributed by atoms with Crippen molar-refractivity contribution in [2.75, 3.05) is 13.7 Å². The van der Waals surface area contributed by atoms with Crippen LogP contribution in [0.3, 0.4) is 0 Å². The molecule has 158 valence electrons. The van der Waals surface area contributed by atoms with Gasteiger partial charge in [0.25, 0.3) is 11.5 Å². The number of pyridine rings is 2. The molecule has 0 spiro atoms. The molecule has 1 aliphatic rings. The number of likely N-dealkylation sites (N-methyl/N-ethyl adjacent to an activating group) is 1. The average Bonchev–Trinajstić information content (AvgIpc) is 3.19. The van der Waals surface area contributed by atoms with Crippen molar-refractivity contribution in [2.24, 2.45) is 0 Å². The zero-order valence-electron chi connectivity index (χ0n) is 16.3. The van der Waals surface area contributed by atoms with Crippen molar-refractivity contribution in [3.63, 3.8) is 0 Å². The van der Waals surface area contributed by atoms with E-state index in [0.717, 1.165) is 12.1 Å². The molecule has 0 saturated heterocycles. The summed E-state index contributed by atoms with van der Waals surface area (Å²) in [7, 11) is 1.60. The molecule has 0 saturated carbocycles. The first-order chi connectivity index (χ1) is 14.8. The fourth-order valence-electron chi connectivity index (χ4n) is 4.11. The van der Waals surface area contributed by atoms with Crippen LogP contribution in [0.25, 0.3) is 16.3 Å². The minimum Gasteiger partial charge on any atom is -0.373 e. The summed E-state index contributed by atoms with van der Waals surface area (Å²) in [6, 6.07) is 6.46. The Labute approximate surface area is 179 Å². The van der Waals surface area contributed by atoms with Crippen LogP contribution in [0.15, 0.2) is 47.5 Å². The topological polar surface area (TPSA) is 66.8 Å². The molecule has 5 rings (SSSR count). The predicted molar refractivity (Wildman–Crippen MR) is 111 cm³/mol. The Morgan fingerprint density at radius 1 is 1.26 bits per heavy atom. The highest BCUT2D eigenvalue weighted by Gasteiger charge is 2.31. The third-order valence-corrected chi connectivity index (χ3v) is 5.98. The molecule has 3 aromatic heterocycles. The number of benzene rings is 1. The first-order valence-corrected chi connectivity index (χ1v) is 9.88. The molecule has 1 aliphatic heterocycles. The fourth-order valence-corrected chi connectivity index (χ4v) is 4.33. The Hall–Kier alpha value is -3.23. The van der Waals surface area contributed by atoms with E-state index in [1.165, 1.54) is 4.90 Å². The first kappa shape index (κ1) is 19.7. The van der Waals surface area contributed by atoms with Gasteiger partial charge in [-0.3, -0.25) is 9.59 Å². The first-order valence-electron chi connectivity index (χ1n) is 9.50. The third kappa shape index (κ3) is 3.10. The predicted octanol–water partition coefficient (Wildman–Crippen LogP) is 4.06. The number of aromatic nitrogens is 2. The SMILES string of the molecule is CN(C(=O)c1cc2c(Cl)cccn2c1)[C@H]1COCc2[nH]c(=O)c3cc(F)c(F)cc3c21. The van der Waals surface area contributed by atoms with Gasteiger partial charge in [-0.15, -0.1) is 0 Å². The number of amides is 1. The Kier molecular flexibility index (Phi) is 4.56. The van der Waals surface area contributed by atoms with Crippen LogP contribution in [0.4, 0.5) is 8.78 Å². The number of rotatable bonds is 2. The molecule has 1 aromatic carbocycles. The molecule has 1 atom stereocenters. The van der Waals surface area contributed by atoms with Crippen LogP contribution in [0.2, 0.25) is 5.02 Å². The Bertz CT molecular complexity index is 1430. The van der Waals surface area contributed by atoms with Gasteiger partial charge in [0.05, 0.1) is 40.7 Å². The maximum absolute atomic E-state index is 14.0. The van der Waals surface area contributed by atoms with Crippen molar-refractivity contribution in [3.05, 3.63) is 86.6 Å². The second-order valence-corrected chi connectivity index (χ2v) is 7.89. The molecule has 31 heavy (non-hydrogen) atoms. The maximum atomic E-state index is 14.0. The van der Waals surface area contributed by atoms with Gasteiger partial charge in [0.2, 0.25) is 0 Å². The smallest absolute Gasteiger partial charge is 0.256 e. The third-order valence-electron chi connectivity index (χ3n) is 5.66. The van der Waals surface area contributed by atoms with E-state index in [9.17, 15) is 18.4 Å². The minimum absolute atomic E-state index is 0.0202. The van der Waals surface area contributed by atoms with Crippen LogP contribution in [-0.4, -0.2) is 33.8 Å². The number of aromatic amines is 1. The molecule has 0 fully saturated rings. The highest BCUT2D eigenvalue weighted by molar-refractivity contribution is 6.33. The van der Waals surface area contributed by atoms with Gasteiger partial charge in [-0.1, -0.05) is 11.6 Å². The highest BCUT2D eigenvalue weighted by atomic mass is 35.5. The average molecular weight is 444 g/mol. The largest absolute Gasteiger partial charge is 0.373 e. The summed E-state index contributed by atoms with van der Waals surface area (Å²) >= 11 is 6.21. The van der Waals surface area contributed by atoms with E-state index >= 15 is 0 Å². The van der Waals surface area contributed by atoms with Crippen molar-refractivity contribution < 1.29 is 18.3 Å². The molecular weight excluding hydrogens is 428 g/mol. The summed E-state index contributed by atoms with van der Waals surface area (Å²) in [6.07, 6.45) is 3.46. The number of ether oxygens (including phenoxy) is 1. The standard InChI is InChI=1S/C22H16ClF2N3O3/c1-27(22(30)11-5-18-14(23)3-2-4-28(18)8-11)19-10-31-9-17-20(19)12-6-15(24)16(25)7-13(12)21(29)26-17/h2-8,19H,9-10H2,1H3,(H,26,29)/t19-/m0/s1. The lowest BCUT2D eigenvalue weighted by molar-refractivity contribution is 0.0336. The molecular formula is C22H16ClF2N3O3. The van der Waals surface area contributed by atoms with Gasteiger partial charge in [-0.05, 0) is 35.7 Å². The van der Waals surface area contributed by atoms with Crippen molar-refractivity contribution in [1.29, 1.82) is 0 Å². The zero-order valence-corrected chi connectivity index (χ0v) is 17.0. The Balaban J connectivity index is 1.62. The quantitative estimate of drug-likeness (QED) is 0.508. The minimum atomic E-state index is -1.11. The summed E-state index contributed by atoms with van der Waals surface area (Å²) in [5.41, 5.74) is 1.53. The Morgan fingerprint density at radius 3 is 2.74 bits per heavy atom. The molecule has 0 aliphatic carbocycles. The van der Waals surface area contributed by atoms with Crippen LogP contribution >= 0.6 is 11.6 Å². The second-order valence-electron chi connectivity index (χ2n) is 7.48. The highest BCUT2D eigenvalue weighted by Crippen LogP contribution is 2.34. The molecule has 0 bridgehead atoms. The van der Waals surface area contributed by atoms with Gasteiger partial charge < -0.3 is 19.0 Å².